The van der Waals surface area contributed by atoms with E-state index in [1.165, 1.54) is 4.90 Å². The Hall–Kier alpha value is -1.10. The molecule has 0 aliphatic rings. The Kier molecular flexibility index (Phi) is 4.73. The van der Waals surface area contributed by atoms with Crippen molar-refractivity contribution in [1.29, 1.82) is 0 Å². The Morgan fingerprint density at radius 3 is 2.06 bits per heavy atom. The molecule has 0 aromatic rings. The van der Waals surface area contributed by atoms with E-state index in [0.29, 0.717) is 0 Å². The summed E-state index contributed by atoms with van der Waals surface area (Å²) in [4.78, 5) is 26.5. The number of carbonyl (C=O) groups excluding carboxylic acids is 2. The van der Waals surface area contributed by atoms with Gasteiger partial charge in [0.25, 0.3) is 0 Å². The molecule has 0 aliphatic carbocycles. The van der Waals surface area contributed by atoms with Crippen molar-refractivity contribution < 1.29 is 11.0 Å². The van der Waals surface area contributed by atoms with Crippen LogP contribution < -0.4 is 5.32 Å². The molecule has 0 rings (SSSR count). The van der Waals surface area contributed by atoms with Gasteiger partial charge in [-0.1, -0.05) is 0 Å². The van der Waals surface area contributed by atoms with Gasteiger partial charge in [0.1, 0.15) is 1.37 Å². The predicted molar refractivity (Wildman–Crippen MR) is 73.3 cm³/mol. The van der Waals surface area contributed by atoms with Crippen molar-refractivity contribution in [3.63, 3.8) is 0 Å². The molecule has 5 nitrogen and oxygen atoms in total. The molecular weight excluding hydrogens is 230 g/mol. The standard InChI is InChI=1S/C13H27N3O2/c1-10(15(6)7)11(18)14-12(2,3)13(4,5)16(8)9-17/h9-10H,1-8H3,(H,14,18)/i9D. The van der Waals surface area contributed by atoms with E-state index >= 15 is 0 Å². The third-order valence-corrected chi connectivity index (χ3v) is 4.09. The Bertz CT molecular complexity index is 354. The Labute approximate surface area is 112 Å². The first-order chi connectivity index (χ1) is 8.34. The minimum absolute atomic E-state index is 0.103. The van der Waals surface area contributed by atoms with E-state index in [4.69, 9.17) is 1.37 Å². The normalized spacial score (nSPS) is 15.1. The molecule has 1 unspecified atom stereocenters. The quantitative estimate of drug-likeness (QED) is 0.739. The number of rotatable bonds is 5. The monoisotopic (exact) mass is 258 g/mol. The van der Waals surface area contributed by atoms with Crippen LogP contribution in [0.1, 0.15) is 36.0 Å². The zero-order chi connectivity index (χ0) is 15.6. The van der Waals surface area contributed by atoms with Crippen LogP contribution in [0.25, 0.3) is 0 Å². The smallest absolute Gasteiger partial charge is 0.237 e. The summed E-state index contributed by atoms with van der Waals surface area (Å²) in [5.74, 6) is -0.103. The largest absolute Gasteiger partial charge is 0.348 e. The summed E-state index contributed by atoms with van der Waals surface area (Å²) in [6.45, 7) is 9.19. The van der Waals surface area contributed by atoms with Gasteiger partial charge in [0.2, 0.25) is 12.3 Å². The third kappa shape index (κ3) is 3.45. The number of likely N-dealkylation sites (N-methyl/N-ethyl adjacent to an activating group) is 2. The molecule has 1 N–H and O–H groups in total. The maximum atomic E-state index is 12.1. The third-order valence-electron chi connectivity index (χ3n) is 4.09. The maximum absolute atomic E-state index is 12.1. The number of nitrogens with one attached hydrogen (secondary N) is 1. The molecule has 106 valence electrons. The molecule has 0 heterocycles. The second-order valence-corrected chi connectivity index (χ2v) is 5.96. The van der Waals surface area contributed by atoms with Gasteiger partial charge in [-0.2, -0.15) is 0 Å². The second-order valence-electron chi connectivity index (χ2n) is 5.96. The molecule has 0 fully saturated rings. The van der Waals surface area contributed by atoms with Crippen LogP contribution in [0.3, 0.4) is 0 Å². The number of nitrogens with zero attached hydrogens (tertiary/aromatic N) is 2. The van der Waals surface area contributed by atoms with Crippen LogP contribution >= 0.6 is 0 Å². The fraction of sp³-hybridized carbons (Fsp3) is 0.846. The van der Waals surface area contributed by atoms with Gasteiger partial charge in [-0.3, -0.25) is 14.5 Å². The highest BCUT2D eigenvalue weighted by Gasteiger charge is 2.41. The van der Waals surface area contributed by atoms with Crippen molar-refractivity contribution in [1.82, 2.24) is 15.1 Å². The van der Waals surface area contributed by atoms with E-state index in [-0.39, 0.29) is 11.9 Å². The molecular formula is C13H27N3O2. The SMILES string of the molecule is [2H]C(=O)N(C)C(C)(C)C(C)(C)NC(=O)C(C)N(C)C. The molecule has 0 saturated heterocycles. The molecule has 5 heteroatoms. The summed E-state index contributed by atoms with van der Waals surface area (Å²) in [5, 5.41) is 2.96. The minimum Gasteiger partial charge on any atom is -0.348 e. The predicted octanol–water partition coefficient (Wildman–Crippen LogP) is 0.698. The highest BCUT2D eigenvalue weighted by atomic mass is 16.2. The van der Waals surface area contributed by atoms with Gasteiger partial charge >= 0.3 is 0 Å². The Morgan fingerprint density at radius 1 is 1.28 bits per heavy atom. The van der Waals surface area contributed by atoms with Crippen molar-refractivity contribution in [3.8, 4) is 0 Å². The average Bonchev–Trinajstić information content (AvgIpc) is 2.25. The van der Waals surface area contributed by atoms with E-state index in [1.807, 2.05) is 53.6 Å². The number of carbonyl (C=O) groups is 2. The first-order valence-electron chi connectivity index (χ1n) is 6.57. The highest BCUT2D eigenvalue weighted by Crippen LogP contribution is 2.26. The average molecular weight is 258 g/mol. The van der Waals surface area contributed by atoms with Crippen molar-refractivity contribution in [2.75, 3.05) is 21.1 Å². The van der Waals surface area contributed by atoms with Crippen LogP contribution in [0.15, 0.2) is 0 Å². The molecule has 2 amide bonds. The fourth-order valence-electron chi connectivity index (χ4n) is 1.33. The maximum Gasteiger partial charge on any atom is 0.237 e. The van der Waals surface area contributed by atoms with E-state index in [0.717, 1.165) is 0 Å². The van der Waals surface area contributed by atoms with Gasteiger partial charge in [-0.05, 0) is 48.7 Å². The number of amides is 2. The van der Waals surface area contributed by atoms with Crippen LogP contribution in [0.4, 0.5) is 0 Å². The van der Waals surface area contributed by atoms with Crippen LogP contribution in [0, 0.1) is 0 Å². The summed E-state index contributed by atoms with van der Waals surface area (Å²) < 4.78 is 7.22. The van der Waals surface area contributed by atoms with Crippen LogP contribution in [0.5, 0.6) is 0 Å². The van der Waals surface area contributed by atoms with E-state index < -0.39 is 17.5 Å². The van der Waals surface area contributed by atoms with Gasteiger partial charge in [0, 0.05) is 7.05 Å². The van der Waals surface area contributed by atoms with Crippen molar-refractivity contribution >= 4 is 12.3 Å². The minimum atomic E-state index is -0.770. The zero-order valence-electron chi connectivity index (χ0n) is 13.8. The molecule has 0 spiro atoms. The lowest BCUT2D eigenvalue weighted by Crippen LogP contribution is -2.65. The number of hydrogen-bond donors (Lipinski definition) is 1. The highest BCUT2D eigenvalue weighted by molar-refractivity contribution is 5.82. The van der Waals surface area contributed by atoms with Gasteiger partial charge in [-0.25, -0.2) is 0 Å². The van der Waals surface area contributed by atoms with Crippen LogP contribution in [0.2, 0.25) is 0 Å². The van der Waals surface area contributed by atoms with Crippen molar-refractivity contribution in [2.24, 2.45) is 0 Å². The molecule has 0 bridgehead atoms. The van der Waals surface area contributed by atoms with E-state index in [9.17, 15) is 9.59 Å². The molecule has 0 saturated carbocycles. The van der Waals surface area contributed by atoms with Gasteiger partial charge in [0.15, 0.2) is 0 Å². The summed E-state index contributed by atoms with van der Waals surface area (Å²) in [6, 6.07) is -0.257. The summed E-state index contributed by atoms with van der Waals surface area (Å²) in [5.41, 5.74) is -1.33. The van der Waals surface area contributed by atoms with Crippen molar-refractivity contribution in [3.05, 3.63) is 0 Å². The zero-order valence-corrected chi connectivity index (χ0v) is 12.8. The summed E-state index contributed by atoms with van der Waals surface area (Å²) >= 11 is 0. The fourth-order valence-corrected chi connectivity index (χ4v) is 1.33. The first kappa shape index (κ1) is 15.0. The van der Waals surface area contributed by atoms with Gasteiger partial charge in [-0.15, -0.1) is 0 Å². The lowest BCUT2D eigenvalue weighted by atomic mass is 9.81. The summed E-state index contributed by atoms with van der Waals surface area (Å²) in [6.07, 6.45) is -0.770. The topological polar surface area (TPSA) is 52.7 Å². The van der Waals surface area contributed by atoms with E-state index in [1.54, 1.807) is 7.05 Å². The van der Waals surface area contributed by atoms with Gasteiger partial charge < -0.3 is 10.2 Å². The first-order valence-corrected chi connectivity index (χ1v) is 6.07. The lowest BCUT2D eigenvalue weighted by Gasteiger charge is -2.47. The van der Waals surface area contributed by atoms with Gasteiger partial charge in [0.05, 0.1) is 17.1 Å². The summed E-state index contributed by atoms with van der Waals surface area (Å²) in [7, 11) is 5.24. The van der Waals surface area contributed by atoms with Crippen LogP contribution in [-0.2, 0) is 9.59 Å². The van der Waals surface area contributed by atoms with E-state index in [2.05, 4.69) is 5.32 Å². The Morgan fingerprint density at radius 2 is 1.72 bits per heavy atom. The van der Waals surface area contributed by atoms with Crippen molar-refractivity contribution in [2.45, 2.75) is 51.7 Å². The van der Waals surface area contributed by atoms with Crippen LogP contribution in [-0.4, -0.2) is 60.4 Å². The molecule has 0 aromatic carbocycles. The lowest BCUT2D eigenvalue weighted by molar-refractivity contribution is -0.132. The number of hydrogen-bond acceptors (Lipinski definition) is 3. The molecule has 1 atom stereocenters. The second kappa shape index (κ2) is 5.69. The Balaban J connectivity index is 5.07. The molecule has 0 aliphatic heterocycles. The molecule has 18 heavy (non-hydrogen) atoms. The molecule has 0 radical (unpaired) electrons. The molecule has 0 aromatic heterocycles.